The van der Waals surface area contributed by atoms with E-state index in [1.54, 1.807) is 33.2 Å². The first-order valence-electron chi connectivity index (χ1n) is 4.88. The Morgan fingerprint density at radius 2 is 2.19 bits per heavy atom. The molecule has 0 unspecified atom stereocenters. The molecule has 1 amide bonds. The Hall–Kier alpha value is -0.690. The summed E-state index contributed by atoms with van der Waals surface area (Å²) in [6.45, 7) is 3.63. The van der Waals surface area contributed by atoms with Crippen LogP contribution in [-0.4, -0.2) is 40.1 Å². The molecule has 0 atom stereocenters. The lowest BCUT2D eigenvalue weighted by Gasteiger charge is -2.25. The summed E-state index contributed by atoms with van der Waals surface area (Å²) >= 11 is 2.11. The van der Waals surface area contributed by atoms with Crippen LogP contribution >= 0.6 is 22.6 Å². The summed E-state index contributed by atoms with van der Waals surface area (Å²) in [4.78, 5) is 17.4. The fraction of sp³-hybridized carbons (Fsp3) is 0.455. The third-order valence-electron chi connectivity index (χ3n) is 1.92. The van der Waals surface area contributed by atoms with Crippen molar-refractivity contribution >= 4 is 28.5 Å². The second-order valence-corrected chi connectivity index (χ2v) is 5.61. The first-order chi connectivity index (χ1) is 7.29. The molecular formula is C11H15IN2O2. The Labute approximate surface area is 109 Å². The van der Waals surface area contributed by atoms with E-state index in [0.717, 1.165) is 3.57 Å². The Bertz CT molecular complexity index is 388. The summed E-state index contributed by atoms with van der Waals surface area (Å²) in [5.41, 5.74) is -0.349. The molecule has 4 nitrogen and oxygen atoms in total. The highest BCUT2D eigenvalue weighted by atomic mass is 127. The second-order valence-electron chi connectivity index (χ2n) is 4.37. The van der Waals surface area contributed by atoms with Crippen molar-refractivity contribution in [3.05, 3.63) is 27.6 Å². The fourth-order valence-corrected chi connectivity index (χ4v) is 1.90. The first-order valence-corrected chi connectivity index (χ1v) is 5.96. The van der Waals surface area contributed by atoms with Gasteiger partial charge in [-0.1, -0.05) is 0 Å². The Balaban J connectivity index is 2.78. The van der Waals surface area contributed by atoms with Gasteiger partial charge in [-0.3, -0.25) is 9.78 Å². The molecule has 0 fully saturated rings. The van der Waals surface area contributed by atoms with Crippen molar-refractivity contribution in [2.45, 2.75) is 19.4 Å². The number of halogens is 1. The average Bonchev–Trinajstić information content (AvgIpc) is 2.14. The van der Waals surface area contributed by atoms with Crippen molar-refractivity contribution in [1.29, 1.82) is 0 Å². The molecule has 1 aromatic heterocycles. The van der Waals surface area contributed by atoms with Crippen molar-refractivity contribution in [1.82, 2.24) is 9.88 Å². The maximum absolute atomic E-state index is 11.9. The van der Waals surface area contributed by atoms with Crippen LogP contribution in [0, 0.1) is 3.57 Å². The van der Waals surface area contributed by atoms with E-state index >= 15 is 0 Å². The topological polar surface area (TPSA) is 53.4 Å². The van der Waals surface area contributed by atoms with Gasteiger partial charge in [0.1, 0.15) is 0 Å². The van der Waals surface area contributed by atoms with E-state index in [1.165, 1.54) is 11.1 Å². The summed E-state index contributed by atoms with van der Waals surface area (Å²) in [5.74, 6) is -0.131. The maximum Gasteiger partial charge on any atom is 0.255 e. The van der Waals surface area contributed by atoms with Crippen LogP contribution in [0.4, 0.5) is 0 Å². The maximum atomic E-state index is 11.9. The van der Waals surface area contributed by atoms with Crippen molar-refractivity contribution in [3.8, 4) is 0 Å². The highest BCUT2D eigenvalue weighted by molar-refractivity contribution is 14.1. The number of likely N-dealkylation sites (N-methyl/N-ethyl adjacent to an activating group) is 1. The smallest absolute Gasteiger partial charge is 0.255 e. The van der Waals surface area contributed by atoms with Gasteiger partial charge in [-0.05, 0) is 42.5 Å². The minimum atomic E-state index is -0.889. The minimum absolute atomic E-state index is 0.131. The predicted molar refractivity (Wildman–Crippen MR) is 70.2 cm³/mol. The molecule has 1 N–H and O–H groups in total. The van der Waals surface area contributed by atoms with Gasteiger partial charge < -0.3 is 10.0 Å². The molecule has 0 aromatic carbocycles. The van der Waals surface area contributed by atoms with Crippen LogP contribution in [0.15, 0.2) is 18.5 Å². The van der Waals surface area contributed by atoms with Gasteiger partial charge >= 0.3 is 0 Å². The van der Waals surface area contributed by atoms with Crippen LogP contribution in [0.3, 0.4) is 0 Å². The molecule has 0 radical (unpaired) electrons. The normalized spacial score (nSPS) is 11.3. The van der Waals surface area contributed by atoms with Crippen LogP contribution in [0.25, 0.3) is 0 Å². The van der Waals surface area contributed by atoms with E-state index in [1.807, 2.05) is 0 Å². The first kappa shape index (κ1) is 13.4. The lowest BCUT2D eigenvalue weighted by molar-refractivity contribution is 0.0367. The molecule has 1 heterocycles. The number of carbonyl (C=O) groups is 1. The standard InChI is InChI=1S/C11H15IN2O2/c1-11(2,16)7-14(3)10(15)8-4-9(12)6-13-5-8/h4-6,16H,7H2,1-3H3. The van der Waals surface area contributed by atoms with Gasteiger partial charge in [0.15, 0.2) is 0 Å². The van der Waals surface area contributed by atoms with Crippen LogP contribution in [0.1, 0.15) is 24.2 Å². The van der Waals surface area contributed by atoms with Crippen LogP contribution in [-0.2, 0) is 0 Å². The van der Waals surface area contributed by atoms with Crippen molar-refractivity contribution in [2.24, 2.45) is 0 Å². The molecule has 5 heteroatoms. The van der Waals surface area contributed by atoms with Gasteiger partial charge in [0, 0.05) is 29.6 Å². The third kappa shape index (κ3) is 4.05. The molecule has 0 bridgehead atoms. The molecule has 0 saturated carbocycles. The minimum Gasteiger partial charge on any atom is -0.389 e. The fourth-order valence-electron chi connectivity index (χ4n) is 1.40. The zero-order valence-electron chi connectivity index (χ0n) is 9.57. The molecule has 88 valence electrons. The Kier molecular flexibility index (Phi) is 4.26. The number of aromatic nitrogens is 1. The number of aliphatic hydroxyl groups is 1. The summed E-state index contributed by atoms with van der Waals surface area (Å²) in [7, 11) is 1.67. The van der Waals surface area contributed by atoms with E-state index in [9.17, 15) is 9.90 Å². The van der Waals surface area contributed by atoms with Crippen molar-refractivity contribution < 1.29 is 9.90 Å². The second kappa shape index (κ2) is 5.09. The third-order valence-corrected chi connectivity index (χ3v) is 2.51. The number of hydrogen-bond donors (Lipinski definition) is 1. The molecule has 1 rings (SSSR count). The van der Waals surface area contributed by atoms with Crippen molar-refractivity contribution in [3.63, 3.8) is 0 Å². The van der Waals surface area contributed by atoms with E-state index in [-0.39, 0.29) is 12.5 Å². The van der Waals surface area contributed by atoms with E-state index in [0.29, 0.717) is 5.56 Å². The van der Waals surface area contributed by atoms with Gasteiger partial charge in [-0.15, -0.1) is 0 Å². The van der Waals surface area contributed by atoms with E-state index < -0.39 is 5.60 Å². The predicted octanol–water partition coefficient (Wildman–Crippen LogP) is 1.53. The summed E-state index contributed by atoms with van der Waals surface area (Å²) in [6.07, 6.45) is 3.22. The monoisotopic (exact) mass is 334 g/mol. The number of pyridine rings is 1. The number of nitrogens with zero attached hydrogens (tertiary/aromatic N) is 2. The largest absolute Gasteiger partial charge is 0.389 e. The zero-order valence-corrected chi connectivity index (χ0v) is 11.7. The Morgan fingerprint density at radius 3 is 2.69 bits per heavy atom. The molecule has 0 aliphatic carbocycles. The molecule has 0 aliphatic heterocycles. The van der Waals surface area contributed by atoms with Crippen LogP contribution in [0.5, 0.6) is 0 Å². The lowest BCUT2D eigenvalue weighted by Crippen LogP contribution is -2.39. The van der Waals surface area contributed by atoms with Crippen LogP contribution in [0.2, 0.25) is 0 Å². The number of hydrogen-bond acceptors (Lipinski definition) is 3. The summed E-state index contributed by atoms with van der Waals surface area (Å²) in [6, 6.07) is 1.77. The highest BCUT2D eigenvalue weighted by Gasteiger charge is 2.20. The molecular weight excluding hydrogens is 319 g/mol. The van der Waals surface area contributed by atoms with Gasteiger partial charge in [-0.2, -0.15) is 0 Å². The number of rotatable bonds is 3. The average molecular weight is 334 g/mol. The molecule has 16 heavy (non-hydrogen) atoms. The zero-order chi connectivity index (χ0) is 12.3. The molecule has 1 aromatic rings. The molecule has 0 aliphatic rings. The van der Waals surface area contributed by atoms with E-state index in [4.69, 9.17) is 0 Å². The summed E-state index contributed by atoms with van der Waals surface area (Å²) < 4.78 is 0.917. The number of carbonyl (C=O) groups excluding carboxylic acids is 1. The van der Waals surface area contributed by atoms with Gasteiger partial charge in [0.2, 0.25) is 0 Å². The van der Waals surface area contributed by atoms with Gasteiger partial charge in [0.25, 0.3) is 5.91 Å². The number of amides is 1. The van der Waals surface area contributed by atoms with Gasteiger partial charge in [0.05, 0.1) is 11.2 Å². The van der Waals surface area contributed by atoms with E-state index in [2.05, 4.69) is 27.6 Å². The quantitative estimate of drug-likeness (QED) is 0.853. The summed E-state index contributed by atoms with van der Waals surface area (Å²) in [5, 5.41) is 9.63. The highest BCUT2D eigenvalue weighted by Crippen LogP contribution is 2.10. The Morgan fingerprint density at radius 1 is 1.56 bits per heavy atom. The molecule has 0 spiro atoms. The van der Waals surface area contributed by atoms with Gasteiger partial charge in [-0.25, -0.2) is 0 Å². The molecule has 0 saturated heterocycles. The lowest BCUT2D eigenvalue weighted by atomic mass is 10.1. The SMILES string of the molecule is CN(CC(C)(C)O)C(=O)c1cncc(I)c1. The van der Waals surface area contributed by atoms with Crippen LogP contribution < -0.4 is 0 Å². The van der Waals surface area contributed by atoms with Crippen molar-refractivity contribution in [2.75, 3.05) is 13.6 Å².